The summed E-state index contributed by atoms with van der Waals surface area (Å²) in [6.07, 6.45) is 0. The quantitative estimate of drug-likeness (QED) is 0.181. The highest BCUT2D eigenvalue weighted by atomic mass is 32.1. The number of thiophene rings is 1. The van der Waals surface area contributed by atoms with Gasteiger partial charge in [-0.2, -0.15) is 0 Å². The Morgan fingerprint density at radius 2 is 0.816 bits per heavy atom. The highest BCUT2D eigenvalue weighted by Gasteiger charge is 2.22. The van der Waals surface area contributed by atoms with Crippen LogP contribution < -0.4 is 0 Å². The predicted molar refractivity (Wildman–Crippen MR) is 205 cm³/mol. The Morgan fingerprint density at radius 1 is 0.327 bits per heavy atom. The average Bonchev–Trinajstić information content (AvgIpc) is 3.58. The van der Waals surface area contributed by atoms with Crippen molar-refractivity contribution in [3.05, 3.63) is 176 Å². The van der Waals surface area contributed by atoms with Gasteiger partial charge in [0.25, 0.3) is 0 Å². The van der Waals surface area contributed by atoms with Crippen LogP contribution in [0.1, 0.15) is 0 Å². The van der Waals surface area contributed by atoms with Gasteiger partial charge in [-0.05, 0) is 40.5 Å². The van der Waals surface area contributed by atoms with Gasteiger partial charge in [-0.15, -0.1) is 11.3 Å². The molecular formula is C45H29N3S. The molecule has 230 valence electrons. The normalized spacial score (nSPS) is 11.3. The summed E-state index contributed by atoms with van der Waals surface area (Å²) in [5, 5.41) is 2.55. The van der Waals surface area contributed by atoms with Gasteiger partial charge < -0.3 is 0 Å². The Balaban J connectivity index is 1.41. The highest BCUT2D eigenvalue weighted by molar-refractivity contribution is 7.26. The van der Waals surface area contributed by atoms with E-state index in [0.717, 1.165) is 44.5 Å². The summed E-state index contributed by atoms with van der Waals surface area (Å²) in [6, 6.07) is 61.6. The molecule has 0 aliphatic carbocycles. The highest BCUT2D eigenvalue weighted by Crippen LogP contribution is 2.47. The first-order chi connectivity index (χ1) is 24.3. The third-order valence-corrected chi connectivity index (χ3v) is 10.2. The molecule has 9 rings (SSSR count). The second kappa shape index (κ2) is 12.4. The van der Waals surface area contributed by atoms with Crippen LogP contribution in [0.4, 0.5) is 0 Å². The molecule has 49 heavy (non-hydrogen) atoms. The fraction of sp³-hybridized carbons (Fsp3) is 0. The minimum Gasteiger partial charge on any atom is -0.208 e. The van der Waals surface area contributed by atoms with Crippen molar-refractivity contribution in [2.45, 2.75) is 0 Å². The Hall–Kier alpha value is -6.23. The lowest BCUT2D eigenvalue weighted by atomic mass is 9.86. The van der Waals surface area contributed by atoms with Crippen LogP contribution in [0.2, 0.25) is 0 Å². The molecule has 9 aromatic rings. The van der Waals surface area contributed by atoms with E-state index in [4.69, 9.17) is 15.0 Å². The first kappa shape index (κ1) is 29.0. The summed E-state index contributed by atoms with van der Waals surface area (Å²) in [7, 11) is 0. The van der Waals surface area contributed by atoms with Gasteiger partial charge in [0.15, 0.2) is 17.5 Å². The monoisotopic (exact) mass is 643 g/mol. The van der Waals surface area contributed by atoms with Crippen molar-refractivity contribution >= 4 is 31.5 Å². The van der Waals surface area contributed by atoms with E-state index < -0.39 is 0 Å². The number of benzene rings is 7. The third kappa shape index (κ3) is 5.38. The molecule has 0 saturated heterocycles. The van der Waals surface area contributed by atoms with Gasteiger partial charge in [-0.3, -0.25) is 0 Å². The second-order valence-corrected chi connectivity index (χ2v) is 13.0. The van der Waals surface area contributed by atoms with Gasteiger partial charge >= 0.3 is 0 Å². The van der Waals surface area contributed by atoms with Crippen LogP contribution >= 0.6 is 11.3 Å². The van der Waals surface area contributed by atoms with Gasteiger partial charge in [0, 0.05) is 48.0 Å². The number of hydrogen-bond acceptors (Lipinski definition) is 4. The van der Waals surface area contributed by atoms with Gasteiger partial charge in [-0.1, -0.05) is 158 Å². The largest absolute Gasteiger partial charge is 0.208 e. The summed E-state index contributed by atoms with van der Waals surface area (Å²) in [6.45, 7) is 0. The Morgan fingerprint density at radius 3 is 1.45 bits per heavy atom. The lowest BCUT2D eigenvalue weighted by Crippen LogP contribution is -2.02. The van der Waals surface area contributed by atoms with E-state index in [1.807, 2.05) is 47.7 Å². The fourth-order valence-corrected chi connectivity index (χ4v) is 7.86. The van der Waals surface area contributed by atoms with Gasteiger partial charge in [0.2, 0.25) is 0 Å². The standard InChI is InChI=1S/C45H29N3S/c1-5-16-30(17-6-1)34-28-38(37-26-15-25-36-35-24-13-14-27-40(35)49-42(36)37)41(31-18-7-2-8-19-31)39(29-34)45-47-43(32-20-9-3-10-21-32)46-44(48-45)33-22-11-4-12-23-33/h1-29H. The molecular weight excluding hydrogens is 615 g/mol. The van der Waals surface area contributed by atoms with Crippen molar-refractivity contribution in [3.63, 3.8) is 0 Å². The lowest BCUT2D eigenvalue weighted by Gasteiger charge is -2.19. The van der Waals surface area contributed by atoms with Gasteiger partial charge in [-0.25, -0.2) is 15.0 Å². The third-order valence-electron chi connectivity index (χ3n) is 8.94. The lowest BCUT2D eigenvalue weighted by molar-refractivity contribution is 1.07. The molecule has 0 unspecified atom stereocenters. The van der Waals surface area contributed by atoms with Crippen LogP contribution in [0.25, 0.3) is 87.7 Å². The molecule has 3 nitrogen and oxygen atoms in total. The van der Waals surface area contributed by atoms with E-state index in [1.54, 1.807) is 0 Å². The minimum absolute atomic E-state index is 0.633. The first-order valence-electron chi connectivity index (χ1n) is 16.4. The fourth-order valence-electron chi connectivity index (χ4n) is 6.63. The Kier molecular flexibility index (Phi) is 7.34. The van der Waals surface area contributed by atoms with Crippen molar-refractivity contribution in [1.82, 2.24) is 15.0 Å². The molecule has 0 N–H and O–H groups in total. The number of rotatable bonds is 6. The second-order valence-electron chi connectivity index (χ2n) is 12.0. The molecule has 0 fully saturated rings. The smallest absolute Gasteiger partial charge is 0.164 e. The number of aromatic nitrogens is 3. The van der Waals surface area contributed by atoms with E-state index in [-0.39, 0.29) is 0 Å². The molecule has 7 aromatic carbocycles. The van der Waals surface area contributed by atoms with Crippen molar-refractivity contribution in [3.8, 4) is 67.5 Å². The van der Waals surface area contributed by atoms with Crippen LogP contribution in [-0.2, 0) is 0 Å². The van der Waals surface area contributed by atoms with E-state index in [0.29, 0.717) is 17.5 Å². The van der Waals surface area contributed by atoms with Crippen LogP contribution in [-0.4, -0.2) is 15.0 Å². The van der Waals surface area contributed by atoms with Crippen molar-refractivity contribution in [2.75, 3.05) is 0 Å². The summed E-state index contributed by atoms with van der Waals surface area (Å²) in [5.74, 6) is 1.91. The molecule has 2 aromatic heterocycles. The minimum atomic E-state index is 0.633. The molecule has 0 atom stereocenters. The zero-order valence-corrected chi connectivity index (χ0v) is 27.3. The molecule has 0 spiro atoms. The average molecular weight is 644 g/mol. The zero-order chi connectivity index (χ0) is 32.6. The van der Waals surface area contributed by atoms with E-state index >= 15 is 0 Å². The maximum absolute atomic E-state index is 5.23. The van der Waals surface area contributed by atoms with Crippen molar-refractivity contribution in [2.24, 2.45) is 0 Å². The molecule has 4 heteroatoms. The van der Waals surface area contributed by atoms with Crippen molar-refractivity contribution < 1.29 is 0 Å². The van der Waals surface area contributed by atoms with Crippen molar-refractivity contribution in [1.29, 1.82) is 0 Å². The predicted octanol–water partition coefficient (Wildman–Crippen LogP) is 12.2. The molecule has 2 heterocycles. The summed E-state index contributed by atoms with van der Waals surface area (Å²) in [5.41, 5.74) is 9.61. The molecule has 0 aliphatic heterocycles. The van der Waals surface area contributed by atoms with E-state index in [1.165, 1.54) is 25.7 Å². The van der Waals surface area contributed by atoms with E-state index in [2.05, 4.69) is 140 Å². The van der Waals surface area contributed by atoms with Gasteiger partial charge in [0.05, 0.1) is 0 Å². The van der Waals surface area contributed by atoms with E-state index in [9.17, 15) is 0 Å². The molecule has 0 saturated carbocycles. The molecule has 0 radical (unpaired) electrons. The van der Waals surface area contributed by atoms with Crippen LogP contribution in [0, 0.1) is 0 Å². The molecule has 0 bridgehead atoms. The number of nitrogens with zero attached hydrogens (tertiary/aromatic N) is 3. The summed E-state index contributed by atoms with van der Waals surface area (Å²) >= 11 is 1.85. The SMILES string of the molecule is c1ccc(-c2cc(-c3nc(-c4ccccc4)nc(-c4ccccc4)n3)c(-c3ccccc3)c(-c3cccc4c3sc3ccccc34)c2)cc1. The molecule has 0 aliphatic rings. The Labute approximate surface area is 288 Å². The van der Waals surface area contributed by atoms with Crippen LogP contribution in [0.15, 0.2) is 176 Å². The first-order valence-corrected chi connectivity index (χ1v) is 17.2. The topological polar surface area (TPSA) is 38.7 Å². The van der Waals surface area contributed by atoms with Crippen LogP contribution in [0.3, 0.4) is 0 Å². The number of fused-ring (bicyclic) bond motifs is 3. The molecule has 0 amide bonds. The maximum atomic E-state index is 5.23. The van der Waals surface area contributed by atoms with Crippen LogP contribution in [0.5, 0.6) is 0 Å². The summed E-state index contributed by atoms with van der Waals surface area (Å²) < 4.78 is 2.55. The number of hydrogen-bond donors (Lipinski definition) is 0. The summed E-state index contributed by atoms with van der Waals surface area (Å²) in [4.78, 5) is 15.5. The maximum Gasteiger partial charge on any atom is 0.164 e. The van der Waals surface area contributed by atoms with Gasteiger partial charge in [0.1, 0.15) is 0 Å². The Bertz CT molecular complexity index is 2520. The zero-order valence-electron chi connectivity index (χ0n) is 26.5.